The standard InChI is InChI=1S/C19H23ClFN3O2S/c20-16-6-1-4-9-19(16)27(25,26)22-10-5-11-23-12-14-24(15-13-23)18-8-3-2-7-17(18)21/h1-4,6-9,22H,5,10-15H2. The maximum Gasteiger partial charge on any atom is 0.242 e. The van der Waals surface area contributed by atoms with E-state index in [4.69, 9.17) is 11.6 Å². The van der Waals surface area contributed by atoms with Crippen LogP contribution in [-0.4, -0.2) is 52.6 Å². The van der Waals surface area contributed by atoms with Gasteiger partial charge in [0.15, 0.2) is 0 Å². The molecular formula is C19H23ClFN3O2S. The monoisotopic (exact) mass is 411 g/mol. The molecule has 2 aromatic rings. The van der Waals surface area contributed by atoms with Crippen molar-refractivity contribution < 1.29 is 12.8 Å². The highest BCUT2D eigenvalue weighted by atomic mass is 35.5. The molecule has 1 N–H and O–H groups in total. The second kappa shape index (κ2) is 9.01. The van der Waals surface area contributed by atoms with E-state index in [1.54, 1.807) is 30.3 Å². The Labute approximate surface area is 164 Å². The van der Waals surface area contributed by atoms with E-state index in [1.807, 2.05) is 11.0 Å². The predicted molar refractivity (Wildman–Crippen MR) is 106 cm³/mol. The van der Waals surface area contributed by atoms with E-state index in [0.29, 0.717) is 18.7 Å². The third kappa shape index (κ3) is 5.19. The van der Waals surface area contributed by atoms with Gasteiger partial charge < -0.3 is 4.90 Å². The van der Waals surface area contributed by atoms with Gasteiger partial charge in [-0.3, -0.25) is 4.90 Å². The van der Waals surface area contributed by atoms with Gasteiger partial charge in [0.1, 0.15) is 10.7 Å². The molecule has 5 nitrogen and oxygen atoms in total. The van der Waals surface area contributed by atoms with Crippen LogP contribution in [-0.2, 0) is 10.0 Å². The molecule has 1 fully saturated rings. The van der Waals surface area contributed by atoms with Gasteiger partial charge in [-0.1, -0.05) is 35.9 Å². The zero-order chi connectivity index (χ0) is 19.3. The van der Waals surface area contributed by atoms with E-state index in [0.717, 1.165) is 32.7 Å². The Morgan fingerprint density at radius 3 is 2.37 bits per heavy atom. The first-order valence-corrected chi connectivity index (χ1v) is 10.8. The molecule has 0 bridgehead atoms. The van der Waals surface area contributed by atoms with Crippen molar-refractivity contribution >= 4 is 27.3 Å². The van der Waals surface area contributed by atoms with Gasteiger partial charge in [-0.05, 0) is 37.2 Å². The molecule has 0 saturated carbocycles. The molecule has 1 aliphatic heterocycles. The van der Waals surface area contributed by atoms with Crippen LogP contribution < -0.4 is 9.62 Å². The largest absolute Gasteiger partial charge is 0.367 e. The summed E-state index contributed by atoms with van der Waals surface area (Å²) in [5.41, 5.74) is 0.643. The fourth-order valence-electron chi connectivity index (χ4n) is 3.17. The number of piperazine rings is 1. The average Bonchev–Trinajstić information content (AvgIpc) is 2.66. The highest BCUT2D eigenvalue weighted by molar-refractivity contribution is 7.89. The van der Waals surface area contributed by atoms with Crippen molar-refractivity contribution in [2.24, 2.45) is 0 Å². The summed E-state index contributed by atoms with van der Waals surface area (Å²) in [6.45, 7) is 4.30. The van der Waals surface area contributed by atoms with Crippen LogP contribution in [0.3, 0.4) is 0 Å². The van der Waals surface area contributed by atoms with Gasteiger partial charge in [0.05, 0.1) is 10.7 Å². The highest BCUT2D eigenvalue weighted by Gasteiger charge is 2.20. The van der Waals surface area contributed by atoms with Crippen molar-refractivity contribution in [3.8, 4) is 0 Å². The van der Waals surface area contributed by atoms with Gasteiger partial charge in [0.25, 0.3) is 0 Å². The van der Waals surface area contributed by atoms with Crippen LogP contribution in [0.2, 0.25) is 5.02 Å². The van der Waals surface area contributed by atoms with Gasteiger partial charge in [-0.15, -0.1) is 0 Å². The van der Waals surface area contributed by atoms with Gasteiger partial charge in [-0.25, -0.2) is 17.5 Å². The molecule has 0 aliphatic carbocycles. The van der Waals surface area contributed by atoms with E-state index in [9.17, 15) is 12.8 Å². The van der Waals surface area contributed by atoms with Crippen molar-refractivity contribution in [3.63, 3.8) is 0 Å². The van der Waals surface area contributed by atoms with E-state index in [1.165, 1.54) is 12.1 Å². The average molecular weight is 412 g/mol. The van der Waals surface area contributed by atoms with Gasteiger partial charge >= 0.3 is 0 Å². The van der Waals surface area contributed by atoms with Crippen molar-refractivity contribution in [1.29, 1.82) is 0 Å². The summed E-state index contributed by atoms with van der Waals surface area (Å²) >= 11 is 5.96. The molecule has 0 atom stereocenters. The Balaban J connectivity index is 1.42. The third-order valence-corrected chi connectivity index (χ3v) is 6.60. The fourth-order valence-corrected chi connectivity index (χ4v) is 4.76. The van der Waals surface area contributed by atoms with Crippen molar-refractivity contribution in [2.45, 2.75) is 11.3 Å². The van der Waals surface area contributed by atoms with E-state index in [2.05, 4.69) is 9.62 Å². The molecule has 146 valence electrons. The molecule has 8 heteroatoms. The lowest BCUT2D eigenvalue weighted by Crippen LogP contribution is -2.47. The minimum atomic E-state index is -3.59. The molecule has 0 spiro atoms. The highest BCUT2D eigenvalue weighted by Crippen LogP contribution is 2.21. The Kier molecular flexibility index (Phi) is 6.70. The smallest absolute Gasteiger partial charge is 0.242 e. The predicted octanol–water partition coefficient (Wildman–Crippen LogP) is 2.97. The number of nitrogens with one attached hydrogen (secondary N) is 1. The van der Waals surface area contributed by atoms with Gasteiger partial charge in [0, 0.05) is 32.7 Å². The number of para-hydroxylation sites is 1. The second-order valence-electron chi connectivity index (χ2n) is 6.46. The fraction of sp³-hybridized carbons (Fsp3) is 0.368. The van der Waals surface area contributed by atoms with Crippen LogP contribution in [0.25, 0.3) is 0 Å². The number of anilines is 1. The first kappa shape index (κ1) is 20.1. The Hall–Kier alpha value is -1.67. The number of hydrogen-bond donors (Lipinski definition) is 1. The maximum atomic E-state index is 13.9. The molecule has 0 aromatic heterocycles. The molecular weight excluding hydrogens is 389 g/mol. The van der Waals surface area contributed by atoms with Crippen LogP contribution in [0.1, 0.15) is 6.42 Å². The zero-order valence-electron chi connectivity index (χ0n) is 14.9. The minimum Gasteiger partial charge on any atom is -0.367 e. The number of nitrogens with zero attached hydrogens (tertiary/aromatic N) is 2. The molecule has 27 heavy (non-hydrogen) atoms. The minimum absolute atomic E-state index is 0.102. The molecule has 0 unspecified atom stereocenters. The van der Waals surface area contributed by atoms with Crippen LogP contribution in [0.15, 0.2) is 53.4 Å². The van der Waals surface area contributed by atoms with Crippen molar-refractivity contribution in [3.05, 3.63) is 59.4 Å². The molecule has 0 radical (unpaired) electrons. The Bertz CT molecular complexity index is 871. The Morgan fingerprint density at radius 1 is 1.00 bits per heavy atom. The summed E-state index contributed by atoms with van der Waals surface area (Å²) in [7, 11) is -3.59. The van der Waals surface area contributed by atoms with Crippen LogP contribution in [0.5, 0.6) is 0 Å². The zero-order valence-corrected chi connectivity index (χ0v) is 16.5. The molecule has 0 amide bonds. The number of benzene rings is 2. The summed E-state index contributed by atoms with van der Waals surface area (Å²) in [5.74, 6) is -0.195. The third-order valence-electron chi connectivity index (χ3n) is 4.63. The van der Waals surface area contributed by atoms with Crippen LogP contribution in [0.4, 0.5) is 10.1 Å². The first-order chi connectivity index (χ1) is 13.0. The summed E-state index contributed by atoms with van der Waals surface area (Å²) in [5, 5.41) is 0.217. The lowest BCUT2D eigenvalue weighted by Gasteiger charge is -2.36. The lowest BCUT2D eigenvalue weighted by molar-refractivity contribution is 0.255. The number of rotatable bonds is 7. The molecule has 1 heterocycles. The van der Waals surface area contributed by atoms with Gasteiger partial charge in [-0.2, -0.15) is 0 Å². The first-order valence-electron chi connectivity index (χ1n) is 8.93. The lowest BCUT2D eigenvalue weighted by atomic mass is 10.2. The number of halogens is 2. The Morgan fingerprint density at radius 2 is 1.67 bits per heavy atom. The van der Waals surface area contributed by atoms with Crippen LogP contribution >= 0.6 is 11.6 Å². The summed E-state index contributed by atoms with van der Waals surface area (Å²) in [6.07, 6.45) is 0.698. The van der Waals surface area contributed by atoms with Crippen molar-refractivity contribution in [2.75, 3.05) is 44.2 Å². The molecule has 3 rings (SSSR count). The SMILES string of the molecule is O=S(=O)(NCCCN1CCN(c2ccccc2F)CC1)c1ccccc1Cl. The maximum absolute atomic E-state index is 13.9. The van der Waals surface area contributed by atoms with E-state index >= 15 is 0 Å². The molecule has 2 aromatic carbocycles. The van der Waals surface area contributed by atoms with Gasteiger partial charge in [0.2, 0.25) is 10.0 Å². The molecule has 1 saturated heterocycles. The number of sulfonamides is 1. The quantitative estimate of drug-likeness (QED) is 0.712. The second-order valence-corrected chi connectivity index (χ2v) is 8.60. The van der Waals surface area contributed by atoms with Crippen molar-refractivity contribution in [1.82, 2.24) is 9.62 Å². The molecule has 1 aliphatic rings. The normalized spacial score (nSPS) is 15.9. The number of hydrogen-bond acceptors (Lipinski definition) is 4. The van der Waals surface area contributed by atoms with E-state index in [-0.39, 0.29) is 15.7 Å². The summed E-state index contributed by atoms with van der Waals surface area (Å²) in [4.78, 5) is 4.41. The summed E-state index contributed by atoms with van der Waals surface area (Å²) in [6, 6.07) is 13.2. The van der Waals surface area contributed by atoms with E-state index < -0.39 is 10.0 Å². The summed E-state index contributed by atoms with van der Waals surface area (Å²) < 4.78 is 41.0. The van der Waals surface area contributed by atoms with Crippen LogP contribution in [0, 0.1) is 5.82 Å². The topological polar surface area (TPSA) is 52.7 Å².